The zero-order valence-corrected chi connectivity index (χ0v) is 13.5. The van der Waals surface area contributed by atoms with Crippen LogP contribution in [0.25, 0.3) is 0 Å². The Morgan fingerprint density at radius 2 is 2.11 bits per heavy atom. The molecular weight excluding hydrogens is 330 g/mol. The molecule has 0 aliphatic carbocycles. The molecule has 0 saturated carbocycles. The van der Waals surface area contributed by atoms with Crippen LogP contribution in [0.4, 0.5) is 0 Å². The normalized spacial score (nSPS) is 12.7. The van der Waals surface area contributed by atoms with Gasteiger partial charge in [0.05, 0.1) is 0 Å². The minimum atomic E-state index is 0.339. The molecule has 1 N–H and O–H groups in total. The number of hydrogen-bond donors (Lipinski definition) is 1. The Morgan fingerprint density at radius 1 is 1.39 bits per heavy atom. The van der Waals surface area contributed by atoms with E-state index in [4.69, 9.17) is 11.6 Å². The summed E-state index contributed by atoms with van der Waals surface area (Å²) in [6.07, 6.45) is 0. The molecule has 0 saturated heterocycles. The van der Waals surface area contributed by atoms with Crippen LogP contribution in [-0.2, 0) is 6.54 Å². The van der Waals surface area contributed by atoms with Crippen LogP contribution in [0.3, 0.4) is 0 Å². The van der Waals surface area contributed by atoms with Gasteiger partial charge in [0, 0.05) is 21.9 Å². The van der Waals surface area contributed by atoms with Crippen molar-refractivity contribution in [2.75, 3.05) is 0 Å². The molecule has 1 aromatic carbocycles. The zero-order chi connectivity index (χ0) is 13.1. The fraction of sp³-hybridized carbons (Fsp3) is 0.286. The Labute approximate surface area is 125 Å². The molecule has 1 unspecified atom stereocenters. The molecule has 0 amide bonds. The second kappa shape index (κ2) is 6.20. The quantitative estimate of drug-likeness (QED) is 0.791. The van der Waals surface area contributed by atoms with Crippen LogP contribution < -0.4 is 5.32 Å². The van der Waals surface area contributed by atoms with Gasteiger partial charge in [-0.05, 0) is 47.0 Å². The van der Waals surface area contributed by atoms with Crippen molar-refractivity contribution >= 4 is 38.9 Å². The third kappa shape index (κ3) is 3.35. The predicted octanol–water partition coefficient (Wildman–Crippen LogP) is 5.32. The molecule has 2 aromatic rings. The van der Waals surface area contributed by atoms with Crippen molar-refractivity contribution in [3.8, 4) is 0 Å². The van der Waals surface area contributed by atoms with Gasteiger partial charge in [0.2, 0.25) is 0 Å². The van der Waals surface area contributed by atoms with Gasteiger partial charge in [-0.3, -0.25) is 0 Å². The van der Waals surface area contributed by atoms with E-state index in [1.165, 1.54) is 16.0 Å². The first kappa shape index (κ1) is 14.1. The first-order chi connectivity index (χ1) is 8.58. The molecular formula is C14H15BrClNS. The molecule has 2 rings (SSSR count). The first-order valence-electron chi connectivity index (χ1n) is 5.80. The van der Waals surface area contributed by atoms with E-state index in [2.05, 4.69) is 65.4 Å². The van der Waals surface area contributed by atoms with Crippen LogP contribution in [0.5, 0.6) is 0 Å². The molecule has 18 heavy (non-hydrogen) atoms. The molecule has 0 spiro atoms. The Bertz CT molecular complexity index is 519. The molecule has 1 nitrogen and oxygen atoms in total. The molecule has 0 aliphatic heterocycles. The lowest BCUT2D eigenvalue weighted by molar-refractivity contribution is 0.576. The third-order valence-corrected chi connectivity index (χ3v) is 5.41. The highest BCUT2D eigenvalue weighted by atomic mass is 79.9. The highest BCUT2D eigenvalue weighted by Crippen LogP contribution is 2.32. The van der Waals surface area contributed by atoms with Gasteiger partial charge in [-0.25, -0.2) is 0 Å². The fourth-order valence-electron chi connectivity index (χ4n) is 1.91. The van der Waals surface area contributed by atoms with Crippen LogP contribution in [0.15, 0.2) is 34.8 Å². The van der Waals surface area contributed by atoms with E-state index >= 15 is 0 Å². The molecule has 0 radical (unpaired) electrons. The third-order valence-electron chi connectivity index (χ3n) is 2.93. The van der Waals surface area contributed by atoms with E-state index in [0.29, 0.717) is 6.04 Å². The summed E-state index contributed by atoms with van der Waals surface area (Å²) < 4.78 is 1.80. The Balaban J connectivity index is 2.00. The van der Waals surface area contributed by atoms with E-state index in [0.717, 1.165) is 15.4 Å². The fourth-order valence-corrected chi connectivity index (χ4v) is 3.66. The second-order valence-electron chi connectivity index (χ2n) is 4.29. The summed E-state index contributed by atoms with van der Waals surface area (Å²) in [5.74, 6) is 0. The van der Waals surface area contributed by atoms with E-state index in [9.17, 15) is 0 Å². The van der Waals surface area contributed by atoms with E-state index in [1.807, 2.05) is 0 Å². The SMILES string of the molecule is Cc1ccccc1C(C)NCc1cc(Br)c(Cl)s1. The van der Waals surface area contributed by atoms with Crippen molar-refractivity contribution in [2.45, 2.75) is 26.4 Å². The molecule has 4 heteroatoms. The largest absolute Gasteiger partial charge is 0.305 e. The maximum atomic E-state index is 6.03. The van der Waals surface area contributed by atoms with Crippen molar-refractivity contribution < 1.29 is 0 Å². The summed E-state index contributed by atoms with van der Waals surface area (Å²) in [6.45, 7) is 5.17. The molecule has 1 aromatic heterocycles. The lowest BCUT2D eigenvalue weighted by atomic mass is 10.0. The highest BCUT2D eigenvalue weighted by molar-refractivity contribution is 9.10. The van der Waals surface area contributed by atoms with Crippen LogP contribution in [-0.4, -0.2) is 0 Å². The zero-order valence-electron chi connectivity index (χ0n) is 10.3. The lowest BCUT2D eigenvalue weighted by Gasteiger charge is -2.15. The van der Waals surface area contributed by atoms with Gasteiger partial charge in [0.15, 0.2) is 0 Å². The van der Waals surface area contributed by atoms with Crippen LogP contribution in [0, 0.1) is 6.92 Å². The Morgan fingerprint density at radius 3 is 2.72 bits per heavy atom. The van der Waals surface area contributed by atoms with Crippen molar-refractivity contribution in [1.29, 1.82) is 0 Å². The summed E-state index contributed by atoms with van der Waals surface area (Å²) >= 11 is 11.1. The Kier molecular flexibility index (Phi) is 4.84. The van der Waals surface area contributed by atoms with Crippen molar-refractivity contribution in [3.05, 3.63) is 55.1 Å². The molecule has 0 fully saturated rings. The number of aryl methyl sites for hydroxylation is 1. The number of nitrogens with one attached hydrogen (secondary N) is 1. The number of halogens is 2. The van der Waals surface area contributed by atoms with Gasteiger partial charge in [-0.2, -0.15) is 0 Å². The molecule has 1 heterocycles. The maximum Gasteiger partial charge on any atom is 0.107 e. The topological polar surface area (TPSA) is 12.0 Å². The minimum absolute atomic E-state index is 0.339. The molecule has 1 atom stereocenters. The lowest BCUT2D eigenvalue weighted by Crippen LogP contribution is -2.18. The van der Waals surface area contributed by atoms with E-state index in [-0.39, 0.29) is 0 Å². The maximum absolute atomic E-state index is 6.03. The van der Waals surface area contributed by atoms with Crippen LogP contribution in [0.1, 0.15) is 29.0 Å². The predicted molar refractivity (Wildman–Crippen MR) is 83.5 cm³/mol. The first-order valence-corrected chi connectivity index (χ1v) is 7.79. The van der Waals surface area contributed by atoms with Crippen molar-refractivity contribution in [3.63, 3.8) is 0 Å². The average Bonchev–Trinajstić information content (AvgIpc) is 2.66. The monoisotopic (exact) mass is 343 g/mol. The molecule has 96 valence electrons. The smallest absolute Gasteiger partial charge is 0.107 e. The second-order valence-corrected chi connectivity index (χ2v) is 6.89. The number of benzene rings is 1. The summed E-state index contributed by atoms with van der Waals surface area (Å²) in [5.41, 5.74) is 2.67. The minimum Gasteiger partial charge on any atom is -0.305 e. The van der Waals surface area contributed by atoms with Crippen LogP contribution in [0.2, 0.25) is 4.34 Å². The summed E-state index contributed by atoms with van der Waals surface area (Å²) in [4.78, 5) is 1.24. The van der Waals surface area contributed by atoms with Gasteiger partial charge < -0.3 is 5.32 Å². The number of thiophene rings is 1. The average molecular weight is 345 g/mol. The van der Waals surface area contributed by atoms with Crippen molar-refractivity contribution in [2.24, 2.45) is 0 Å². The van der Waals surface area contributed by atoms with E-state index < -0.39 is 0 Å². The number of hydrogen-bond acceptors (Lipinski definition) is 2. The standard InChI is InChI=1S/C14H15BrClNS/c1-9-5-3-4-6-12(9)10(2)17-8-11-7-13(15)14(16)18-11/h3-7,10,17H,8H2,1-2H3. The molecule has 0 bridgehead atoms. The van der Waals surface area contributed by atoms with Gasteiger partial charge in [0.25, 0.3) is 0 Å². The molecule has 0 aliphatic rings. The Hall–Kier alpha value is -0.350. The van der Waals surface area contributed by atoms with Crippen molar-refractivity contribution in [1.82, 2.24) is 5.32 Å². The summed E-state index contributed by atoms with van der Waals surface area (Å²) in [6, 6.07) is 10.9. The van der Waals surface area contributed by atoms with Crippen LogP contribution >= 0.6 is 38.9 Å². The van der Waals surface area contributed by atoms with Gasteiger partial charge >= 0.3 is 0 Å². The van der Waals surface area contributed by atoms with Gasteiger partial charge in [-0.1, -0.05) is 35.9 Å². The summed E-state index contributed by atoms with van der Waals surface area (Å²) in [7, 11) is 0. The highest BCUT2D eigenvalue weighted by Gasteiger charge is 2.09. The van der Waals surface area contributed by atoms with E-state index in [1.54, 1.807) is 11.3 Å². The van der Waals surface area contributed by atoms with Gasteiger partial charge in [0.1, 0.15) is 4.34 Å². The number of rotatable bonds is 4. The summed E-state index contributed by atoms with van der Waals surface area (Å²) in [5, 5.41) is 3.53. The van der Waals surface area contributed by atoms with Gasteiger partial charge in [-0.15, -0.1) is 11.3 Å².